The van der Waals surface area contributed by atoms with E-state index in [2.05, 4.69) is 11.6 Å². The fourth-order valence-corrected chi connectivity index (χ4v) is 0.797. The van der Waals surface area contributed by atoms with Crippen LogP contribution in [0.4, 0.5) is 0 Å². The molecule has 0 aliphatic heterocycles. The average Bonchev–Trinajstić information content (AvgIpc) is 2.32. The van der Waals surface area contributed by atoms with Crippen LogP contribution < -0.4 is 16.5 Å². The highest BCUT2D eigenvalue weighted by molar-refractivity contribution is 5.32. The second-order valence-corrected chi connectivity index (χ2v) is 1.98. The van der Waals surface area contributed by atoms with Crippen LogP contribution in [0.2, 0.25) is 0 Å². The molecule has 58 valence electrons. The van der Waals surface area contributed by atoms with Gasteiger partial charge in [0.2, 0.25) is 0 Å². The summed E-state index contributed by atoms with van der Waals surface area (Å²) in [5, 5.41) is 0.690. The zero-order valence-electron chi connectivity index (χ0n) is 6.26. The van der Waals surface area contributed by atoms with E-state index in [0.29, 0.717) is 10.8 Å². The summed E-state index contributed by atoms with van der Waals surface area (Å²) >= 11 is 0. The highest BCUT2D eigenvalue weighted by Gasteiger charge is 1.89. The van der Waals surface area contributed by atoms with Crippen molar-refractivity contribution in [2.45, 2.75) is 6.92 Å². The molecule has 3 heteroatoms. The standard InChI is InChI=1S/C8H9NO2/c1-3-5-7-6(4-2)9-8(10)11-7/h3-5H,1H2,2H3,(H,9,10)/b6-4+,7-5+. The summed E-state index contributed by atoms with van der Waals surface area (Å²) in [5.74, 6) is -0.439. The average molecular weight is 151 g/mol. The van der Waals surface area contributed by atoms with E-state index in [0.717, 1.165) is 0 Å². The van der Waals surface area contributed by atoms with Gasteiger partial charge in [0.15, 0.2) is 5.42 Å². The number of aromatic nitrogens is 1. The van der Waals surface area contributed by atoms with Crippen LogP contribution in [-0.4, -0.2) is 4.98 Å². The van der Waals surface area contributed by atoms with Gasteiger partial charge in [0, 0.05) is 0 Å². The zero-order valence-corrected chi connectivity index (χ0v) is 6.26. The lowest BCUT2D eigenvalue weighted by atomic mass is 10.4. The van der Waals surface area contributed by atoms with Gasteiger partial charge in [-0.25, -0.2) is 4.79 Å². The molecule has 0 spiro atoms. The van der Waals surface area contributed by atoms with Gasteiger partial charge in [-0.05, 0) is 13.0 Å². The maximum atomic E-state index is 10.6. The quantitative estimate of drug-likeness (QED) is 0.600. The maximum Gasteiger partial charge on any atom is 0.417 e. The molecule has 0 saturated carbocycles. The number of hydrogen-bond acceptors (Lipinski definition) is 2. The molecule has 0 radical (unpaired) electrons. The lowest BCUT2D eigenvalue weighted by molar-refractivity contribution is 0.486. The molecule has 0 aliphatic rings. The Morgan fingerprint density at radius 3 is 2.91 bits per heavy atom. The molecule has 0 fully saturated rings. The van der Waals surface area contributed by atoms with Crippen LogP contribution in [0.25, 0.3) is 12.2 Å². The van der Waals surface area contributed by atoms with Crippen molar-refractivity contribution in [3.63, 3.8) is 0 Å². The maximum absolute atomic E-state index is 10.6. The number of aromatic amines is 1. The number of nitrogens with one attached hydrogen (secondary N) is 1. The first-order chi connectivity index (χ1) is 5.27. The third kappa shape index (κ3) is 1.49. The van der Waals surface area contributed by atoms with Crippen molar-refractivity contribution in [1.82, 2.24) is 4.98 Å². The number of allylic oxidation sites excluding steroid dienone is 1. The van der Waals surface area contributed by atoms with Gasteiger partial charge in [-0.15, -0.1) is 0 Å². The van der Waals surface area contributed by atoms with E-state index in [1.165, 1.54) is 0 Å². The van der Waals surface area contributed by atoms with Crippen LogP contribution in [0.15, 0.2) is 21.9 Å². The third-order valence-corrected chi connectivity index (χ3v) is 1.26. The van der Waals surface area contributed by atoms with Gasteiger partial charge in [-0.3, -0.25) is 4.98 Å². The van der Waals surface area contributed by atoms with E-state index in [9.17, 15) is 4.79 Å². The SMILES string of the molecule is C=C/C=c1/oc(=O)[nH]/c1=C/C. The predicted molar refractivity (Wildman–Crippen MR) is 43.4 cm³/mol. The molecule has 1 aromatic heterocycles. The molecule has 1 N–H and O–H groups in total. The van der Waals surface area contributed by atoms with Gasteiger partial charge in [0.05, 0.1) is 5.35 Å². The van der Waals surface area contributed by atoms with Gasteiger partial charge >= 0.3 is 5.76 Å². The zero-order chi connectivity index (χ0) is 8.27. The van der Waals surface area contributed by atoms with Crippen molar-refractivity contribution < 1.29 is 4.42 Å². The Balaban J connectivity index is 3.61. The van der Waals surface area contributed by atoms with Crippen LogP contribution in [0, 0.1) is 0 Å². The topological polar surface area (TPSA) is 46.0 Å². The van der Waals surface area contributed by atoms with E-state index >= 15 is 0 Å². The monoisotopic (exact) mass is 151 g/mol. The lowest BCUT2D eigenvalue weighted by Gasteiger charge is -1.70. The first kappa shape index (κ1) is 7.60. The molecule has 0 unspecified atom stereocenters. The smallest absolute Gasteiger partial charge is 0.408 e. The van der Waals surface area contributed by atoms with Crippen molar-refractivity contribution in [3.05, 3.63) is 34.0 Å². The Morgan fingerprint density at radius 1 is 1.64 bits per heavy atom. The van der Waals surface area contributed by atoms with Crippen molar-refractivity contribution in [2.24, 2.45) is 0 Å². The fraction of sp³-hybridized carbons (Fsp3) is 0.125. The van der Waals surface area contributed by atoms with Gasteiger partial charge < -0.3 is 4.42 Å². The molecule has 1 aromatic rings. The van der Waals surface area contributed by atoms with E-state index in [4.69, 9.17) is 4.42 Å². The summed E-state index contributed by atoms with van der Waals surface area (Å²) < 4.78 is 4.78. The Morgan fingerprint density at radius 2 is 2.36 bits per heavy atom. The second-order valence-electron chi connectivity index (χ2n) is 1.98. The van der Waals surface area contributed by atoms with Gasteiger partial charge in [-0.2, -0.15) is 0 Å². The van der Waals surface area contributed by atoms with Crippen LogP contribution in [0.5, 0.6) is 0 Å². The van der Waals surface area contributed by atoms with Gasteiger partial charge in [0.1, 0.15) is 0 Å². The molecule has 0 aliphatic carbocycles. The lowest BCUT2D eigenvalue weighted by Crippen LogP contribution is -2.21. The molecule has 0 saturated heterocycles. The molecular formula is C8H9NO2. The van der Waals surface area contributed by atoms with Crippen molar-refractivity contribution in [1.29, 1.82) is 0 Å². The van der Waals surface area contributed by atoms with E-state index in [-0.39, 0.29) is 0 Å². The largest absolute Gasteiger partial charge is 0.417 e. The fourth-order valence-electron chi connectivity index (χ4n) is 0.797. The normalized spacial score (nSPS) is 13.9. The summed E-state index contributed by atoms with van der Waals surface area (Å²) in [6, 6.07) is 0. The van der Waals surface area contributed by atoms with E-state index < -0.39 is 5.76 Å². The van der Waals surface area contributed by atoms with Crippen molar-refractivity contribution in [3.8, 4) is 0 Å². The highest BCUT2D eigenvalue weighted by atomic mass is 16.4. The first-order valence-corrected chi connectivity index (χ1v) is 3.26. The third-order valence-electron chi connectivity index (χ3n) is 1.26. The van der Waals surface area contributed by atoms with Crippen LogP contribution >= 0.6 is 0 Å². The van der Waals surface area contributed by atoms with Crippen molar-refractivity contribution in [2.75, 3.05) is 0 Å². The molecule has 11 heavy (non-hydrogen) atoms. The van der Waals surface area contributed by atoms with Crippen LogP contribution in [0.1, 0.15) is 6.92 Å². The highest BCUT2D eigenvalue weighted by Crippen LogP contribution is 1.62. The van der Waals surface area contributed by atoms with Gasteiger partial charge in [-0.1, -0.05) is 18.7 Å². The molecule has 0 amide bonds. The first-order valence-electron chi connectivity index (χ1n) is 3.26. The second kappa shape index (κ2) is 3.05. The summed E-state index contributed by atoms with van der Waals surface area (Å²) in [5.41, 5.74) is 0.521. The van der Waals surface area contributed by atoms with Gasteiger partial charge in [0.25, 0.3) is 0 Å². The van der Waals surface area contributed by atoms with Crippen LogP contribution in [-0.2, 0) is 0 Å². The Labute approximate surface area is 63.4 Å². The number of H-pyrrole nitrogens is 1. The minimum atomic E-state index is -0.439. The molecule has 0 bridgehead atoms. The molecule has 3 nitrogen and oxygen atoms in total. The van der Waals surface area contributed by atoms with E-state index in [1.54, 1.807) is 18.2 Å². The molecule has 1 heterocycles. The molecule has 1 rings (SSSR count). The predicted octanol–water partition coefficient (Wildman–Crippen LogP) is -0.265. The Hall–Kier alpha value is -1.51. The minimum absolute atomic E-state index is 0.439. The van der Waals surface area contributed by atoms with E-state index in [1.807, 2.05) is 6.92 Å². The van der Waals surface area contributed by atoms with Crippen molar-refractivity contribution >= 4 is 12.2 Å². The summed E-state index contributed by atoms with van der Waals surface area (Å²) in [6.45, 7) is 5.32. The molecular weight excluding hydrogens is 142 g/mol. The minimum Gasteiger partial charge on any atom is -0.408 e. The molecule has 0 aromatic carbocycles. The number of oxazole rings is 1. The summed E-state index contributed by atoms with van der Waals surface area (Å²) in [7, 11) is 0. The summed E-state index contributed by atoms with van der Waals surface area (Å²) in [6.07, 6.45) is 4.96. The number of hydrogen-bond donors (Lipinski definition) is 1. The number of rotatable bonds is 1. The Bertz CT molecular complexity index is 408. The van der Waals surface area contributed by atoms with Crippen LogP contribution in [0.3, 0.4) is 0 Å². The molecule has 0 atom stereocenters. The summed E-state index contributed by atoms with van der Waals surface area (Å²) in [4.78, 5) is 13.2. The Kier molecular flexibility index (Phi) is 2.11.